The summed E-state index contributed by atoms with van der Waals surface area (Å²) in [5.41, 5.74) is 10.8. The second-order valence-electron chi connectivity index (χ2n) is 9.75. The lowest BCUT2D eigenvalue weighted by molar-refractivity contribution is -0.130. The summed E-state index contributed by atoms with van der Waals surface area (Å²) in [5, 5.41) is 8.18. The van der Waals surface area contributed by atoms with E-state index in [1.54, 1.807) is 0 Å². The molecule has 1 amide bonds. The first-order valence-corrected chi connectivity index (χ1v) is 12.3. The molecule has 3 unspecified atom stereocenters. The van der Waals surface area contributed by atoms with E-state index in [4.69, 9.17) is 15.8 Å². The van der Waals surface area contributed by atoms with Gasteiger partial charge in [-0.1, -0.05) is 18.2 Å². The zero-order valence-electron chi connectivity index (χ0n) is 19.5. The zero-order valence-corrected chi connectivity index (χ0v) is 19.5. The summed E-state index contributed by atoms with van der Waals surface area (Å²) in [6.45, 7) is 4.58. The second-order valence-corrected chi connectivity index (χ2v) is 9.75. The van der Waals surface area contributed by atoms with Gasteiger partial charge in [0, 0.05) is 49.1 Å². The van der Waals surface area contributed by atoms with Crippen molar-refractivity contribution < 1.29 is 4.79 Å². The lowest BCUT2D eigenvalue weighted by atomic mass is 9.93. The van der Waals surface area contributed by atoms with Crippen LogP contribution in [-0.2, 0) is 4.79 Å². The molecule has 34 heavy (non-hydrogen) atoms. The maximum Gasteiger partial charge on any atom is 0.254 e. The van der Waals surface area contributed by atoms with Crippen LogP contribution in [0.3, 0.4) is 0 Å². The summed E-state index contributed by atoms with van der Waals surface area (Å²) < 4.78 is 1.86. The molecular formula is C26H31N7O. The number of carbonyl (C=O) groups excluding carboxylic acids is 1. The lowest BCUT2D eigenvalue weighted by Gasteiger charge is -2.35. The van der Waals surface area contributed by atoms with Crippen LogP contribution in [0.1, 0.15) is 43.0 Å². The summed E-state index contributed by atoms with van der Waals surface area (Å²) >= 11 is 0. The fourth-order valence-electron chi connectivity index (χ4n) is 5.51. The van der Waals surface area contributed by atoms with Gasteiger partial charge in [-0.25, -0.2) is 9.50 Å². The molecule has 0 saturated carbocycles. The number of nitrogens with zero attached hydrogens (tertiary/aromatic N) is 5. The number of amides is 1. The number of nitrogens with one attached hydrogen (secondary N) is 1. The van der Waals surface area contributed by atoms with Gasteiger partial charge in [-0.3, -0.25) is 4.79 Å². The van der Waals surface area contributed by atoms with Crippen molar-refractivity contribution in [3.8, 4) is 0 Å². The third-order valence-electron chi connectivity index (χ3n) is 7.31. The van der Waals surface area contributed by atoms with Gasteiger partial charge in [0.1, 0.15) is 5.82 Å². The van der Waals surface area contributed by atoms with Crippen molar-refractivity contribution in [3.63, 3.8) is 0 Å². The molecule has 2 aromatic rings. The summed E-state index contributed by atoms with van der Waals surface area (Å²) in [6.07, 6.45) is 18.0. The molecule has 1 aliphatic carbocycles. The molecule has 2 saturated heterocycles. The van der Waals surface area contributed by atoms with Gasteiger partial charge in [-0.15, -0.1) is 0 Å². The van der Waals surface area contributed by atoms with Crippen LogP contribution in [0.2, 0.25) is 0 Å². The van der Waals surface area contributed by atoms with Crippen LogP contribution in [0, 0.1) is 6.92 Å². The van der Waals surface area contributed by atoms with Crippen molar-refractivity contribution >= 4 is 17.4 Å². The van der Waals surface area contributed by atoms with E-state index >= 15 is 0 Å². The van der Waals surface area contributed by atoms with Crippen molar-refractivity contribution in [2.75, 3.05) is 24.5 Å². The molecule has 8 nitrogen and oxygen atoms in total. The predicted molar refractivity (Wildman–Crippen MR) is 132 cm³/mol. The number of aryl methyl sites for hydroxylation is 1. The quantitative estimate of drug-likeness (QED) is 0.736. The van der Waals surface area contributed by atoms with Gasteiger partial charge in [-0.05, 0) is 56.5 Å². The number of dihydropyridines is 1. The monoisotopic (exact) mass is 457 g/mol. The highest BCUT2D eigenvalue weighted by molar-refractivity contribution is 5.97. The Bertz CT molecular complexity index is 1250. The second kappa shape index (κ2) is 8.43. The molecular weight excluding hydrogens is 426 g/mol. The standard InChI is InChI=1S/C26H31N7O/c1-17-15-33-24(29-25(17)31-12-9-20(27)16-31)14-22(30-33)23-6-2-3-11-32(23)26(34)19-7-8-21-18(13-19)5-4-10-28-21/h4-5,7-8,10,13-15,20-21,23,28H,2-3,6,9,11-12,16,27H2,1H3. The van der Waals surface area contributed by atoms with Crippen LogP contribution in [0.4, 0.5) is 5.82 Å². The van der Waals surface area contributed by atoms with Crippen molar-refractivity contribution in [1.82, 2.24) is 24.8 Å². The van der Waals surface area contributed by atoms with Crippen molar-refractivity contribution in [2.45, 2.75) is 50.7 Å². The molecule has 3 aliphatic heterocycles. The molecule has 2 fully saturated rings. The molecule has 0 spiro atoms. The fraction of sp³-hybridized carbons (Fsp3) is 0.423. The molecule has 4 aliphatic rings. The highest BCUT2D eigenvalue weighted by Crippen LogP contribution is 2.33. The van der Waals surface area contributed by atoms with E-state index in [1.165, 1.54) is 0 Å². The molecule has 3 N–H and O–H groups in total. The van der Waals surface area contributed by atoms with E-state index in [0.717, 1.165) is 79.2 Å². The summed E-state index contributed by atoms with van der Waals surface area (Å²) in [6, 6.07) is 2.35. The molecule has 0 radical (unpaired) electrons. The van der Waals surface area contributed by atoms with Crippen LogP contribution in [0.15, 0.2) is 60.0 Å². The van der Waals surface area contributed by atoms with Gasteiger partial charge >= 0.3 is 0 Å². The first-order valence-electron chi connectivity index (χ1n) is 12.3. The average Bonchev–Trinajstić information content (AvgIpc) is 3.48. The third kappa shape index (κ3) is 3.72. The Morgan fingerprint density at radius 2 is 2.15 bits per heavy atom. The number of aromatic nitrogens is 3. The Kier molecular flexibility index (Phi) is 5.25. The lowest BCUT2D eigenvalue weighted by Crippen LogP contribution is -2.40. The molecule has 0 aromatic carbocycles. The molecule has 5 heterocycles. The maximum absolute atomic E-state index is 13.6. The topological polar surface area (TPSA) is 91.8 Å². The minimum absolute atomic E-state index is 0.0442. The normalized spacial score (nSPS) is 26.4. The molecule has 2 aromatic heterocycles. The number of hydrogen-bond acceptors (Lipinski definition) is 6. The van der Waals surface area contributed by atoms with Gasteiger partial charge in [0.05, 0.1) is 17.8 Å². The Hall–Kier alpha value is -3.39. The van der Waals surface area contributed by atoms with Crippen molar-refractivity contribution in [2.24, 2.45) is 5.73 Å². The van der Waals surface area contributed by atoms with E-state index in [2.05, 4.69) is 35.4 Å². The molecule has 176 valence electrons. The number of piperidine rings is 1. The van der Waals surface area contributed by atoms with Gasteiger partial charge in [-0.2, -0.15) is 5.10 Å². The number of allylic oxidation sites excluding steroid dienone is 2. The number of rotatable bonds is 3. The Morgan fingerprint density at radius 1 is 1.24 bits per heavy atom. The van der Waals surface area contributed by atoms with Gasteiger partial charge in [0.2, 0.25) is 0 Å². The van der Waals surface area contributed by atoms with E-state index in [9.17, 15) is 4.79 Å². The number of carbonyl (C=O) groups is 1. The SMILES string of the molecule is Cc1cn2nc(C3CCCCN3C(=O)C3=CC4=CC=CNC4C=C3)cc2nc1N1CCC(N)C1. The van der Waals surface area contributed by atoms with E-state index in [-0.39, 0.29) is 24.0 Å². The number of hydrogen-bond donors (Lipinski definition) is 2. The largest absolute Gasteiger partial charge is 0.381 e. The van der Waals surface area contributed by atoms with Crippen LogP contribution in [-0.4, -0.2) is 57.1 Å². The first-order chi connectivity index (χ1) is 16.6. The van der Waals surface area contributed by atoms with Gasteiger partial charge in [0.25, 0.3) is 5.91 Å². The summed E-state index contributed by atoms with van der Waals surface area (Å²) in [5.74, 6) is 1.06. The Morgan fingerprint density at radius 3 is 3.00 bits per heavy atom. The molecule has 0 bridgehead atoms. The number of nitrogens with two attached hydrogens (primary N) is 1. The number of likely N-dealkylation sites (tertiary alicyclic amines) is 1. The van der Waals surface area contributed by atoms with E-state index in [0.29, 0.717) is 0 Å². The summed E-state index contributed by atoms with van der Waals surface area (Å²) in [4.78, 5) is 22.8. The minimum atomic E-state index is -0.0442. The van der Waals surface area contributed by atoms with Crippen LogP contribution < -0.4 is 16.0 Å². The van der Waals surface area contributed by atoms with E-state index in [1.807, 2.05) is 40.0 Å². The molecule has 3 atom stereocenters. The summed E-state index contributed by atoms with van der Waals surface area (Å²) in [7, 11) is 0. The zero-order chi connectivity index (χ0) is 23.2. The van der Waals surface area contributed by atoms with Gasteiger partial charge < -0.3 is 20.9 Å². The predicted octanol–water partition coefficient (Wildman–Crippen LogP) is 2.54. The average molecular weight is 458 g/mol. The fourth-order valence-corrected chi connectivity index (χ4v) is 5.51. The molecule has 6 rings (SSSR count). The maximum atomic E-state index is 13.6. The van der Waals surface area contributed by atoms with Gasteiger partial charge in [0.15, 0.2) is 5.65 Å². The van der Waals surface area contributed by atoms with Crippen molar-refractivity contribution in [1.29, 1.82) is 0 Å². The first kappa shape index (κ1) is 21.2. The smallest absolute Gasteiger partial charge is 0.254 e. The number of fused-ring (bicyclic) bond motifs is 2. The highest BCUT2D eigenvalue weighted by Gasteiger charge is 2.32. The minimum Gasteiger partial charge on any atom is -0.381 e. The van der Waals surface area contributed by atoms with Crippen LogP contribution in [0.5, 0.6) is 0 Å². The van der Waals surface area contributed by atoms with E-state index < -0.39 is 0 Å². The molecule has 8 heteroatoms. The number of anilines is 1. The Balaban J connectivity index is 1.30. The Labute approximate surface area is 199 Å². The van der Waals surface area contributed by atoms with Crippen LogP contribution >= 0.6 is 0 Å². The van der Waals surface area contributed by atoms with Crippen molar-refractivity contribution in [3.05, 3.63) is 71.2 Å². The van der Waals surface area contributed by atoms with Crippen LogP contribution in [0.25, 0.3) is 5.65 Å². The third-order valence-corrected chi connectivity index (χ3v) is 7.31. The highest BCUT2D eigenvalue weighted by atomic mass is 16.2.